The second-order valence-electron chi connectivity index (χ2n) is 8.97. The summed E-state index contributed by atoms with van der Waals surface area (Å²) in [6.45, 7) is 2.97. The van der Waals surface area contributed by atoms with Crippen molar-refractivity contribution in [3.63, 3.8) is 0 Å². The molecule has 1 atom stereocenters. The molecule has 0 unspecified atom stereocenters. The summed E-state index contributed by atoms with van der Waals surface area (Å²) in [4.78, 5) is 28.0. The largest absolute Gasteiger partial charge is 0.416 e. The quantitative estimate of drug-likeness (QED) is 0.327. The first-order chi connectivity index (χ1) is 18.1. The Morgan fingerprint density at radius 3 is 2.53 bits per heavy atom. The highest BCUT2D eigenvalue weighted by molar-refractivity contribution is 5.93. The van der Waals surface area contributed by atoms with Crippen LogP contribution in [0.15, 0.2) is 73.1 Å². The van der Waals surface area contributed by atoms with E-state index in [4.69, 9.17) is 0 Å². The molecule has 0 saturated heterocycles. The summed E-state index contributed by atoms with van der Waals surface area (Å²) in [6.07, 6.45) is -1.53. The number of amides is 1. The van der Waals surface area contributed by atoms with E-state index >= 15 is 0 Å². The van der Waals surface area contributed by atoms with E-state index in [1.807, 2.05) is 56.3 Å². The van der Waals surface area contributed by atoms with Gasteiger partial charge in [0.2, 0.25) is 5.95 Å². The van der Waals surface area contributed by atoms with Crippen LogP contribution in [0.5, 0.6) is 0 Å². The Morgan fingerprint density at radius 2 is 1.82 bits per heavy atom. The molecule has 0 radical (unpaired) electrons. The first-order valence-corrected chi connectivity index (χ1v) is 12.0. The van der Waals surface area contributed by atoms with Crippen LogP contribution in [0.3, 0.4) is 0 Å². The Labute approximate surface area is 218 Å². The van der Waals surface area contributed by atoms with Gasteiger partial charge in [-0.05, 0) is 44.8 Å². The Morgan fingerprint density at radius 1 is 1.05 bits per heavy atom. The van der Waals surface area contributed by atoms with Gasteiger partial charge in [0.1, 0.15) is 17.3 Å². The van der Waals surface area contributed by atoms with Crippen molar-refractivity contribution in [2.24, 2.45) is 0 Å². The van der Waals surface area contributed by atoms with Gasteiger partial charge in [-0.15, -0.1) is 0 Å². The average molecular weight is 524 g/mol. The number of hydrogen-bond donors (Lipinski definition) is 2. The zero-order valence-corrected chi connectivity index (χ0v) is 21.2. The Bertz CT molecular complexity index is 1390. The second kappa shape index (κ2) is 11.4. The summed E-state index contributed by atoms with van der Waals surface area (Å²) >= 11 is 0. The van der Waals surface area contributed by atoms with E-state index in [1.165, 1.54) is 29.1 Å². The molecule has 0 aliphatic carbocycles. The maximum Gasteiger partial charge on any atom is 0.416 e. The maximum atomic E-state index is 13.4. The van der Waals surface area contributed by atoms with Gasteiger partial charge in [0, 0.05) is 31.0 Å². The molecule has 0 fully saturated rings. The molecule has 8 nitrogen and oxygen atoms in total. The molecule has 11 heteroatoms. The lowest BCUT2D eigenvalue weighted by molar-refractivity contribution is -0.137. The van der Waals surface area contributed by atoms with Crippen LogP contribution < -0.4 is 10.6 Å². The van der Waals surface area contributed by atoms with Gasteiger partial charge in [-0.25, -0.2) is 9.97 Å². The molecule has 38 heavy (non-hydrogen) atoms. The molecule has 0 saturated carbocycles. The molecular weight excluding hydrogens is 495 g/mol. The lowest BCUT2D eigenvalue weighted by Crippen LogP contribution is -2.31. The van der Waals surface area contributed by atoms with Crippen LogP contribution in [0.1, 0.15) is 34.6 Å². The number of carbonyl (C=O) groups excluding carboxylic acids is 1. The molecule has 198 valence electrons. The molecule has 0 aliphatic rings. The molecule has 0 spiro atoms. The van der Waals surface area contributed by atoms with Gasteiger partial charge in [-0.1, -0.05) is 42.5 Å². The van der Waals surface area contributed by atoms with Crippen molar-refractivity contribution < 1.29 is 18.0 Å². The lowest BCUT2D eigenvalue weighted by atomic mass is 10.1. The Hall–Kier alpha value is -4.25. The van der Waals surface area contributed by atoms with Crippen LogP contribution in [0.2, 0.25) is 0 Å². The number of alkyl halides is 3. The van der Waals surface area contributed by atoms with Crippen molar-refractivity contribution in [1.29, 1.82) is 0 Å². The van der Waals surface area contributed by atoms with Crippen molar-refractivity contribution in [1.82, 2.24) is 29.7 Å². The van der Waals surface area contributed by atoms with Gasteiger partial charge in [-0.2, -0.15) is 18.2 Å². The van der Waals surface area contributed by atoms with Gasteiger partial charge in [0.25, 0.3) is 5.91 Å². The SMILES string of the molecule is C[C@H](Nc1nccc(-n2cc(C(=O)NCCN(C)C)nc2-c2cccc(C(F)(F)F)c2)n1)c1ccccc1. The minimum Gasteiger partial charge on any atom is -0.349 e. The number of halogens is 3. The Balaban J connectivity index is 1.71. The third-order valence-electron chi connectivity index (χ3n) is 5.76. The minimum atomic E-state index is -4.53. The summed E-state index contributed by atoms with van der Waals surface area (Å²) in [5.74, 6) is 0.369. The van der Waals surface area contributed by atoms with Crippen LogP contribution in [0.25, 0.3) is 17.2 Å². The van der Waals surface area contributed by atoms with E-state index in [2.05, 4.69) is 25.6 Å². The number of imidazole rings is 1. The topological polar surface area (TPSA) is 88.0 Å². The molecule has 4 rings (SSSR count). The number of nitrogens with one attached hydrogen (secondary N) is 2. The average Bonchev–Trinajstić information content (AvgIpc) is 3.35. The highest BCUT2D eigenvalue weighted by Gasteiger charge is 2.31. The van der Waals surface area contributed by atoms with Gasteiger partial charge in [-0.3, -0.25) is 9.36 Å². The zero-order valence-electron chi connectivity index (χ0n) is 21.2. The van der Waals surface area contributed by atoms with Gasteiger partial charge < -0.3 is 15.5 Å². The number of aromatic nitrogens is 4. The standard InChI is InChI=1S/C27H28F3N7O/c1-18(19-8-5-4-6-9-19)33-26-32-13-12-23(35-26)37-17-22(25(38)31-14-15-36(2)3)34-24(37)20-10-7-11-21(16-20)27(28,29)30/h4-13,16-18H,14-15H2,1-3H3,(H,31,38)(H,32,33,35)/t18-/m0/s1. The molecule has 2 N–H and O–H groups in total. The summed E-state index contributed by atoms with van der Waals surface area (Å²) in [5, 5.41) is 6.02. The van der Waals surface area contributed by atoms with E-state index in [9.17, 15) is 18.0 Å². The van der Waals surface area contributed by atoms with Gasteiger partial charge in [0.15, 0.2) is 0 Å². The molecule has 0 bridgehead atoms. The number of rotatable bonds is 9. The van der Waals surface area contributed by atoms with Crippen LogP contribution in [0.4, 0.5) is 19.1 Å². The number of carbonyl (C=O) groups is 1. The first kappa shape index (κ1) is 26.8. The summed E-state index contributed by atoms with van der Waals surface area (Å²) in [6, 6.07) is 16.1. The molecule has 2 aromatic carbocycles. The normalized spacial score (nSPS) is 12.4. The fourth-order valence-electron chi connectivity index (χ4n) is 3.76. The van der Waals surface area contributed by atoms with Crippen molar-refractivity contribution in [2.45, 2.75) is 19.1 Å². The van der Waals surface area contributed by atoms with Crippen LogP contribution in [-0.4, -0.2) is 57.5 Å². The highest BCUT2D eigenvalue weighted by Crippen LogP contribution is 2.32. The number of hydrogen-bond acceptors (Lipinski definition) is 6. The number of benzene rings is 2. The van der Waals surface area contributed by atoms with Crippen LogP contribution in [0, 0.1) is 0 Å². The molecule has 2 aromatic heterocycles. The van der Waals surface area contributed by atoms with Crippen LogP contribution in [-0.2, 0) is 6.18 Å². The third kappa shape index (κ3) is 6.54. The minimum absolute atomic E-state index is 0.0574. The maximum absolute atomic E-state index is 13.4. The number of anilines is 1. The molecular formula is C27H28F3N7O. The monoisotopic (exact) mass is 523 g/mol. The second-order valence-corrected chi connectivity index (χ2v) is 8.97. The number of nitrogens with zero attached hydrogens (tertiary/aromatic N) is 5. The van der Waals surface area contributed by atoms with Gasteiger partial charge in [0.05, 0.1) is 11.6 Å². The van der Waals surface area contributed by atoms with E-state index in [0.717, 1.165) is 17.7 Å². The van der Waals surface area contributed by atoms with Crippen molar-refractivity contribution in [3.8, 4) is 17.2 Å². The van der Waals surface area contributed by atoms with Crippen molar-refractivity contribution in [3.05, 3.63) is 89.9 Å². The fourth-order valence-corrected chi connectivity index (χ4v) is 3.76. The van der Waals surface area contributed by atoms with Gasteiger partial charge >= 0.3 is 6.18 Å². The predicted molar refractivity (Wildman–Crippen MR) is 139 cm³/mol. The highest BCUT2D eigenvalue weighted by atomic mass is 19.4. The third-order valence-corrected chi connectivity index (χ3v) is 5.76. The molecule has 4 aromatic rings. The van der Waals surface area contributed by atoms with Crippen molar-refractivity contribution in [2.75, 3.05) is 32.5 Å². The summed E-state index contributed by atoms with van der Waals surface area (Å²) in [7, 11) is 3.76. The summed E-state index contributed by atoms with van der Waals surface area (Å²) in [5.41, 5.74) is 0.466. The van der Waals surface area contributed by atoms with E-state index in [-0.39, 0.29) is 23.1 Å². The van der Waals surface area contributed by atoms with E-state index in [0.29, 0.717) is 24.9 Å². The van der Waals surface area contributed by atoms with E-state index < -0.39 is 17.6 Å². The molecule has 0 aliphatic heterocycles. The van der Waals surface area contributed by atoms with E-state index in [1.54, 1.807) is 6.07 Å². The zero-order chi connectivity index (χ0) is 27.3. The van der Waals surface area contributed by atoms with Crippen LogP contribution >= 0.6 is 0 Å². The lowest BCUT2D eigenvalue weighted by Gasteiger charge is -2.15. The molecule has 2 heterocycles. The van der Waals surface area contributed by atoms with Crippen molar-refractivity contribution >= 4 is 11.9 Å². The summed E-state index contributed by atoms with van der Waals surface area (Å²) < 4.78 is 41.8. The fraction of sp³-hybridized carbons (Fsp3) is 0.259. The predicted octanol–water partition coefficient (Wildman–Crippen LogP) is 4.81. The first-order valence-electron chi connectivity index (χ1n) is 12.0. The Kier molecular flexibility index (Phi) is 8.06. The number of likely N-dealkylation sites (N-methyl/N-ethyl adjacent to an activating group) is 1. The smallest absolute Gasteiger partial charge is 0.349 e. The molecule has 1 amide bonds.